The summed E-state index contributed by atoms with van der Waals surface area (Å²) in [4.78, 5) is 8.27. The average molecular weight is 228 g/mol. The first-order valence-electron chi connectivity index (χ1n) is 5.02. The SMILES string of the molecule is N/C=C(\N=C(/N)c1ccccn1)c1ccco1. The van der Waals surface area contributed by atoms with Crippen molar-refractivity contribution in [1.82, 2.24) is 4.98 Å². The predicted molar refractivity (Wildman–Crippen MR) is 65.8 cm³/mol. The number of amidine groups is 1. The van der Waals surface area contributed by atoms with Gasteiger partial charge in [0.1, 0.15) is 17.2 Å². The van der Waals surface area contributed by atoms with Crippen molar-refractivity contribution in [1.29, 1.82) is 0 Å². The molecule has 4 N–H and O–H groups in total. The molecular weight excluding hydrogens is 216 g/mol. The van der Waals surface area contributed by atoms with Crippen LogP contribution in [0.3, 0.4) is 0 Å². The molecule has 0 spiro atoms. The van der Waals surface area contributed by atoms with Gasteiger partial charge in [-0.2, -0.15) is 0 Å². The zero-order valence-electron chi connectivity index (χ0n) is 9.08. The molecule has 0 aromatic carbocycles. The van der Waals surface area contributed by atoms with E-state index in [1.54, 1.807) is 30.7 Å². The highest BCUT2D eigenvalue weighted by Gasteiger charge is 2.05. The van der Waals surface area contributed by atoms with Gasteiger partial charge in [-0.25, -0.2) is 4.99 Å². The number of hydrogen-bond donors (Lipinski definition) is 2. The van der Waals surface area contributed by atoms with E-state index in [1.165, 1.54) is 6.20 Å². The lowest BCUT2D eigenvalue weighted by Crippen LogP contribution is -2.15. The lowest BCUT2D eigenvalue weighted by Gasteiger charge is -2.01. The summed E-state index contributed by atoms with van der Waals surface area (Å²) in [5, 5.41) is 0. The van der Waals surface area contributed by atoms with E-state index >= 15 is 0 Å². The van der Waals surface area contributed by atoms with Gasteiger partial charge in [-0.1, -0.05) is 6.07 Å². The van der Waals surface area contributed by atoms with Crippen molar-refractivity contribution in [3.05, 3.63) is 60.4 Å². The molecule has 0 aliphatic rings. The first-order valence-corrected chi connectivity index (χ1v) is 5.02. The van der Waals surface area contributed by atoms with Gasteiger partial charge >= 0.3 is 0 Å². The molecule has 0 unspecified atom stereocenters. The summed E-state index contributed by atoms with van der Waals surface area (Å²) in [5.41, 5.74) is 12.4. The van der Waals surface area contributed by atoms with Crippen molar-refractivity contribution in [3.63, 3.8) is 0 Å². The predicted octanol–water partition coefficient (Wildman–Crippen LogP) is 1.34. The van der Waals surface area contributed by atoms with E-state index < -0.39 is 0 Å². The molecule has 2 aromatic rings. The number of furan rings is 1. The Labute approximate surface area is 98.5 Å². The Bertz CT molecular complexity index is 529. The largest absolute Gasteiger partial charge is 0.463 e. The zero-order valence-corrected chi connectivity index (χ0v) is 9.08. The molecule has 0 fully saturated rings. The molecule has 86 valence electrons. The first kappa shape index (κ1) is 10.9. The van der Waals surface area contributed by atoms with Gasteiger partial charge in [0.05, 0.1) is 6.26 Å². The lowest BCUT2D eigenvalue weighted by molar-refractivity contribution is 0.552. The Morgan fingerprint density at radius 3 is 2.76 bits per heavy atom. The number of aromatic nitrogens is 1. The molecule has 0 amide bonds. The second kappa shape index (κ2) is 4.98. The molecule has 0 aliphatic heterocycles. The van der Waals surface area contributed by atoms with Crippen LogP contribution in [0.25, 0.3) is 5.70 Å². The van der Waals surface area contributed by atoms with Crippen LogP contribution in [0.2, 0.25) is 0 Å². The molecule has 2 rings (SSSR count). The molecule has 0 saturated heterocycles. The van der Waals surface area contributed by atoms with Crippen LogP contribution in [0.5, 0.6) is 0 Å². The maximum atomic E-state index is 5.83. The van der Waals surface area contributed by atoms with Crippen molar-refractivity contribution >= 4 is 11.5 Å². The second-order valence-corrected chi connectivity index (χ2v) is 3.24. The minimum absolute atomic E-state index is 0.290. The number of rotatable bonds is 3. The van der Waals surface area contributed by atoms with Gasteiger partial charge in [0.2, 0.25) is 0 Å². The molecule has 0 saturated carbocycles. The van der Waals surface area contributed by atoms with Gasteiger partial charge in [0.25, 0.3) is 0 Å². The summed E-state index contributed by atoms with van der Waals surface area (Å²) >= 11 is 0. The molecule has 2 heterocycles. The van der Waals surface area contributed by atoms with Crippen LogP contribution in [-0.4, -0.2) is 10.8 Å². The molecule has 0 atom stereocenters. The number of hydrogen-bond acceptors (Lipinski definition) is 4. The third-order valence-electron chi connectivity index (χ3n) is 2.10. The average Bonchev–Trinajstić information content (AvgIpc) is 2.90. The van der Waals surface area contributed by atoms with Gasteiger partial charge in [0.15, 0.2) is 5.76 Å². The second-order valence-electron chi connectivity index (χ2n) is 3.24. The molecule has 5 nitrogen and oxygen atoms in total. The monoisotopic (exact) mass is 228 g/mol. The van der Waals surface area contributed by atoms with Crippen molar-refractivity contribution in [3.8, 4) is 0 Å². The lowest BCUT2D eigenvalue weighted by atomic mass is 10.3. The number of pyridine rings is 1. The van der Waals surface area contributed by atoms with E-state index in [4.69, 9.17) is 15.9 Å². The smallest absolute Gasteiger partial charge is 0.153 e. The van der Waals surface area contributed by atoms with E-state index in [0.29, 0.717) is 23.0 Å². The normalized spacial score (nSPS) is 12.7. The molecule has 0 radical (unpaired) electrons. The summed E-state index contributed by atoms with van der Waals surface area (Å²) in [6.45, 7) is 0. The van der Waals surface area contributed by atoms with Gasteiger partial charge in [-0.05, 0) is 24.3 Å². The fourth-order valence-electron chi connectivity index (χ4n) is 1.30. The van der Waals surface area contributed by atoms with Crippen LogP contribution < -0.4 is 11.5 Å². The Kier molecular flexibility index (Phi) is 3.20. The van der Waals surface area contributed by atoms with Crippen molar-refractivity contribution in [2.24, 2.45) is 16.5 Å². The zero-order chi connectivity index (χ0) is 12.1. The van der Waals surface area contributed by atoms with Crippen LogP contribution in [0.15, 0.2) is 58.4 Å². The van der Waals surface area contributed by atoms with E-state index in [1.807, 2.05) is 12.1 Å². The van der Waals surface area contributed by atoms with Crippen molar-refractivity contribution in [2.75, 3.05) is 0 Å². The Balaban J connectivity index is 2.30. The highest BCUT2D eigenvalue weighted by molar-refractivity contribution is 5.98. The van der Waals surface area contributed by atoms with Crippen molar-refractivity contribution in [2.45, 2.75) is 0 Å². The molecular formula is C12H12N4O. The van der Waals surface area contributed by atoms with E-state index in [0.717, 1.165) is 0 Å². The number of nitrogens with two attached hydrogens (primary N) is 2. The highest BCUT2D eigenvalue weighted by Crippen LogP contribution is 2.15. The van der Waals surface area contributed by atoms with Gasteiger partial charge in [-0.3, -0.25) is 4.98 Å². The van der Waals surface area contributed by atoms with E-state index in [-0.39, 0.29) is 0 Å². The quantitative estimate of drug-likeness (QED) is 0.612. The van der Waals surface area contributed by atoms with Crippen LogP contribution in [0, 0.1) is 0 Å². The topological polar surface area (TPSA) is 90.4 Å². The van der Waals surface area contributed by atoms with Crippen LogP contribution in [0.1, 0.15) is 11.5 Å². The maximum Gasteiger partial charge on any atom is 0.153 e. The van der Waals surface area contributed by atoms with E-state index in [9.17, 15) is 0 Å². The fraction of sp³-hybridized carbons (Fsp3) is 0. The summed E-state index contributed by atoms with van der Waals surface area (Å²) in [6, 6.07) is 8.93. The third-order valence-corrected chi connectivity index (χ3v) is 2.10. The van der Waals surface area contributed by atoms with Crippen LogP contribution in [-0.2, 0) is 0 Å². The third kappa shape index (κ3) is 2.52. The molecule has 2 aromatic heterocycles. The minimum Gasteiger partial charge on any atom is -0.463 e. The van der Waals surface area contributed by atoms with Crippen LogP contribution in [0.4, 0.5) is 0 Å². The van der Waals surface area contributed by atoms with Crippen LogP contribution >= 0.6 is 0 Å². The standard InChI is InChI=1S/C12H12N4O/c13-8-10(11-5-3-7-17-11)16-12(14)9-4-1-2-6-15-9/h1-8H,13H2,(H2,14,16)/b10-8-. The highest BCUT2D eigenvalue weighted by atomic mass is 16.3. The summed E-state index contributed by atoms with van der Waals surface area (Å²) in [5.74, 6) is 0.852. The minimum atomic E-state index is 0.290. The molecule has 5 heteroatoms. The van der Waals surface area contributed by atoms with Crippen molar-refractivity contribution < 1.29 is 4.42 Å². The molecule has 17 heavy (non-hydrogen) atoms. The Hall–Kier alpha value is -2.56. The maximum absolute atomic E-state index is 5.83. The summed E-state index contributed by atoms with van der Waals surface area (Å²) in [7, 11) is 0. The van der Waals surface area contributed by atoms with Gasteiger partial charge in [0, 0.05) is 12.4 Å². The molecule has 0 bridgehead atoms. The summed E-state index contributed by atoms with van der Waals surface area (Å²) in [6.07, 6.45) is 4.54. The first-order chi connectivity index (χ1) is 8.31. The van der Waals surface area contributed by atoms with Gasteiger partial charge in [-0.15, -0.1) is 0 Å². The number of nitrogens with zero attached hydrogens (tertiary/aromatic N) is 2. The fourth-order valence-corrected chi connectivity index (χ4v) is 1.30. The summed E-state index contributed by atoms with van der Waals surface area (Å²) < 4.78 is 5.19. The van der Waals surface area contributed by atoms with E-state index in [2.05, 4.69) is 9.98 Å². The van der Waals surface area contributed by atoms with Gasteiger partial charge < -0.3 is 15.9 Å². The Morgan fingerprint density at radius 2 is 2.18 bits per heavy atom. The Morgan fingerprint density at radius 1 is 1.29 bits per heavy atom. The number of aliphatic imine (C=N–C) groups is 1. The molecule has 0 aliphatic carbocycles.